The monoisotopic (exact) mass is 328 g/mol. The number of carbonyl (C=O) groups excluding carboxylic acids is 2. The third kappa shape index (κ3) is 14.3. The number of hydrogen-bond acceptors (Lipinski definition) is 4. The Morgan fingerprint density at radius 2 is 1.26 bits per heavy atom. The van der Waals surface area contributed by atoms with E-state index in [1.807, 2.05) is 0 Å². The Morgan fingerprint density at radius 1 is 0.739 bits per heavy atom. The zero-order valence-electron chi connectivity index (χ0n) is 15.4. The predicted molar refractivity (Wildman–Crippen MR) is 93.2 cm³/mol. The van der Waals surface area contributed by atoms with Gasteiger partial charge in [-0.3, -0.25) is 9.59 Å². The Hall–Kier alpha value is -1.06. The highest BCUT2D eigenvalue weighted by atomic mass is 16.6. The normalized spacial score (nSPS) is 10.8. The van der Waals surface area contributed by atoms with Crippen LogP contribution in [-0.2, 0) is 19.1 Å². The highest BCUT2D eigenvalue weighted by Crippen LogP contribution is 2.09. The number of esters is 2. The first-order chi connectivity index (χ1) is 11.1. The smallest absolute Gasteiger partial charge is 0.317 e. The van der Waals surface area contributed by atoms with Crippen molar-refractivity contribution in [2.75, 3.05) is 13.2 Å². The maximum Gasteiger partial charge on any atom is 0.317 e. The molecule has 0 fully saturated rings. The van der Waals surface area contributed by atoms with Gasteiger partial charge in [-0.05, 0) is 12.3 Å². The molecule has 0 atom stereocenters. The van der Waals surface area contributed by atoms with Gasteiger partial charge in [0.1, 0.15) is 6.42 Å². The van der Waals surface area contributed by atoms with E-state index >= 15 is 0 Å². The molecule has 0 aromatic carbocycles. The average molecular weight is 328 g/mol. The summed E-state index contributed by atoms with van der Waals surface area (Å²) in [6, 6.07) is 0. The first-order valence-corrected chi connectivity index (χ1v) is 9.45. The van der Waals surface area contributed by atoms with E-state index in [0.29, 0.717) is 19.1 Å². The van der Waals surface area contributed by atoms with Gasteiger partial charge in [0.25, 0.3) is 0 Å². The molecule has 0 aliphatic carbocycles. The second-order valence-electron chi connectivity index (χ2n) is 6.24. The second kappa shape index (κ2) is 15.8. The summed E-state index contributed by atoms with van der Waals surface area (Å²) in [5.41, 5.74) is 0. The topological polar surface area (TPSA) is 52.6 Å². The van der Waals surface area contributed by atoms with Gasteiger partial charge in [-0.2, -0.15) is 0 Å². The predicted octanol–water partition coefficient (Wildman–Crippen LogP) is 5.04. The molecule has 4 nitrogen and oxygen atoms in total. The van der Waals surface area contributed by atoms with Crippen molar-refractivity contribution in [2.45, 2.75) is 91.4 Å². The molecule has 0 amide bonds. The van der Waals surface area contributed by atoms with Crippen LogP contribution in [0.4, 0.5) is 0 Å². The van der Waals surface area contributed by atoms with Gasteiger partial charge >= 0.3 is 11.9 Å². The Bertz CT molecular complexity index is 298. The van der Waals surface area contributed by atoms with E-state index in [1.54, 1.807) is 0 Å². The fourth-order valence-electron chi connectivity index (χ4n) is 2.38. The number of rotatable bonds is 15. The molecule has 0 saturated carbocycles. The van der Waals surface area contributed by atoms with Gasteiger partial charge in [-0.1, -0.05) is 78.6 Å². The molecule has 0 heterocycles. The molecule has 0 unspecified atom stereocenters. The molecule has 0 aliphatic heterocycles. The van der Waals surface area contributed by atoms with Crippen molar-refractivity contribution in [3.05, 3.63) is 0 Å². The van der Waals surface area contributed by atoms with Crippen molar-refractivity contribution in [1.29, 1.82) is 0 Å². The highest BCUT2D eigenvalue weighted by Gasteiger charge is 2.13. The van der Waals surface area contributed by atoms with Crippen molar-refractivity contribution in [3.8, 4) is 0 Å². The van der Waals surface area contributed by atoms with Gasteiger partial charge in [-0.25, -0.2) is 0 Å². The van der Waals surface area contributed by atoms with E-state index in [1.165, 1.54) is 38.5 Å². The average Bonchev–Trinajstić information content (AvgIpc) is 2.54. The van der Waals surface area contributed by atoms with Crippen LogP contribution >= 0.6 is 0 Å². The molecule has 0 spiro atoms. The summed E-state index contributed by atoms with van der Waals surface area (Å²) in [5, 5.41) is 0. The molecule has 0 aromatic rings. The Balaban J connectivity index is 3.47. The summed E-state index contributed by atoms with van der Waals surface area (Å²) in [6.07, 6.45) is 11.3. The molecule has 0 saturated heterocycles. The minimum absolute atomic E-state index is 0.267. The molecule has 0 N–H and O–H groups in total. The number of ether oxygens (including phenoxy) is 2. The van der Waals surface area contributed by atoms with Crippen molar-refractivity contribution < 1.29 is 19.1 Å². The third-order valence-electron chi connectivity index (χ3n) is 4.18. The minimum Gasteiger partial charge on any atom is -0.465 e. The minimum atomic E-state index is -0.474. The van der Waals surface area contributed by atoms with Crippen LogP contribution in [-0.4, -0.2) is 25.2 Å². The standard InChI is InChI=1S/C19H36O4/c1-4-7-8-9-10-11-12-13-14-22-18(20)15-19(21)23-16-17(5-2)6-3/h17H,4-16H2,1-3H3. The van der Waals surface area contributed by atoms with Crippen LogP contribution in [0.1, 0.15) is 91.4 Å². The lowest BCUT2D eigenvalue weighted by Gasteiger charge is -2.12. The van der Waals surface area contributed by atoms with Crippen molar-refractivity contribution in [2.24, 2.45) is 5.92 Å². The summed E-state index contributed by atoms with van der Waals surface area (Å²) >= 11 is 0. The summed E-state index contributed by atoms with van der Waals surface area (Å²) in [7, 11) is 0. The molecule has 0 rings (SSSR count). The fourth-order valence-corrected chi connectivity index (χ4v) is 2.38. The quantitative estimate of drug-likeness (QED) is 0.240. The fraction of sp³-hybridized carbons (Fsp3) is 0.895. The maximum absolute atomic E-state index is 11.5. The molecule has 0 aliphatic rings. The van der Waals surface area contributed by atoms with Crippen molar-refractivity contribution in [1.82, 2.24) is 0 Å². The van der Waals surface area contributed by atoms with Gasteiger partial charge in [0, 0.05) is 0 Å². The summed E-state index contributed by atoms with van der Waals surface area (Å²) < 4.78 is 10.2. The largest absolute Gasteiger partial charge is 0.465 e. The summed E-state index contributed by atoms with van der Waals surface area (Å²) in [5.74, 6) is -0.562. The number of carbonyl (C=O) groups is 2. The van der Waals surface area contributed by atoms with E-state index < -0.39 is 11.9 Å². The molecule has 23 heavy (non-hydrogen) atoms. The molecule has 0 aromatic heterocycles. The van der Waals surface area contributed by atoms with E-state index in [4.69, 9.17) is 9.47 Å². The number of hydrogen-bond donors (Lipinski definition) is 0. The lowest BCUT2D eigenvalue weighted by molar-refractivity contribution is -0.155. The first kappa shape index (κ1) is 21.9. The van der Waals surface area contributed by atoms with Crippen molar-refractivity contribution >= 4 is 11.9 Å². The van der Waals surface area contributed by atoms with Crippen LogP contribution < -0.4 is 0 Å². The Morgan fingerprint density at radius 3 is 1.83 bits per heavy atom. The zero-order chi connectivity index (χ0) is 17.3. The lowest BCUT2D eigenvalue weighted by atomic mass is 10.1. The highest BCUT2D eigenvalue weighted by molar-refractivity contribution is 5.91. The van der Waals surface area contributed by atoms with E-state index in [0.717, 1.165) is 25.7 Å². The molecular formula is C19H36O4. The number of unbranched alkanes of at least 4 members (excludes halogenated alkanes) is 7. The van der Waals surface area contributed by atoms with Gasteiger partial charge in [0.05, 0.1) is 13.2 Å². The molecule has 0 bridgehead atoms. The van der Waals surface area contributed by atoms with Crippen LogP contribution in [0, 0.1) is 5.92 Å². The van der Waals surface area contributed by atoms with Crippen LogP contribution in [0.15, 0.2) is 0 Å². The van der Waals surface area contributed by atoms with Gasteiger partial charge in [0.15, 0.2) is 0 Å². The SMILES string of the molecule is CCCCCCCCCCOC(=O)CC(=O)OCC(CC)CC. The van der Waals surface area contributed by atoms with E-state index in [2.05, 4.69) is 20.8 Å². The lowest BCUT2D eigenvalue weighted by Crippen LogP contribution is -2.17. The van der Waals surface area contributed by atoms with Gasteiger partial charge in [0.2, 0.25) is 0 Å². The summed E-state index contributed by atoms with van der Waals surface area (Å²) in [6.45, 7) is 7.17. The third-order valence-corrected chi connectivity index (χ3v) is 4.18. The van der Waals surface area contributed by atoms with Gasteiger partial charge in [-0.15, -0.1) is 0 Å². The van der Waals surface area contributed by atoms with Crippen LogP contribution in [0.5, 0.6) is 0 Å². The van der Waals surface area contributed by atoms with Crippen LogP contribution in [0.2, 0.25) is 0 Å². The van der Waals surface area contributed by atoms with Gasteiger partial charge < -0.3 is 9.47 Å². The van der Waals surface area contributed by atoms with E-state index in [9.17, 15) is 9.59 Å². The second-order valence-corrected chi connectivity index (χ2v) is 6.24. The molecule has 0 radical (unpaired) electrons. The molecule has 4 heteroatoms. The Kier molecular flexibility index (Phi) is 15.1. The van der Waals surface area contributed by atoms with Crippen LogP contribution in [0.25, 0.3) is 0 Å². The maximum atomic E-state index is 11.5. The zero-order valence-corrected chi connectivity index (χ0v) is 15.4. The summed E-state index contributed by atoms with van der Waals surface area (Å²) in [4.78, 5) is 23.0. The molecular weight excluding hydrogens is 292 g/mol. The molecule has 136 valence electrons. The first-order valence-electron chi connectivity index (χ1n) is 9.45. The van der Waals surface area contributed by atoms with Crippen molar-refractivity contribution in [3.63, 3.8) is 0 Å². The van der Waals surface area contributed by atoms with E-state index in [-0.39, 0.29) is 6.42 Å². The Labute approximate surface area is 142 Å². The van der Waals surface area contributed by atoms with Crippen LogP contribution in [0.3, 0.4) is 0 Å².